The Morgan fingerprint density at radius 3 is 2.56 bits per heavy atom. The van der Waals surface area contributed by atoms with E-state index in [1.54, 1.807) is 19.4 Å². The first-order chi connectivity index (χ1) is 12.8. The molecule has 0 bridgehead atoms. The summed E-state index contributed by atoms with van der Waals surface area (Å²) in [7, 11) is 0. The molecule has 0 aliphatic rings. The second kappa shape index (κ2) is 9.39. The van der Waals surface area contributed by atoms with Crippen LogP contribution in [-0.2, 0) is 6.42 Å². The second-order valence-corrected chi connectivity index (χ2v) is 7.68. The van der Waals surface area contributed by atoms with Crippen molar-refractivity contribution in [2.45, 2.75) is 53.6 Å². The average molecular weight is 364 g/mol. The highest BCUT2D eigenvalue weighted by Crippen LogP contribution is 2.23. The van der Waals surface area contributed by atoms with Crippen molar-refractivity contribution < 1.29 is 9.52 Å². The van der Waals surface area contributed by atoms with Gasteiger partial charge in [0.2, 0.25) is 0 Å². The molecule has 0 saturated heterocycles. The second-order valence-electron chi connectivity index (χ2n) is 7.68. The Bertz CT molecular complexity index is 850. The molecule has 3 heteroatoms. The molecule has 0 unspecified atom stereocenters. The summed E-state index contributed by atoms with van der Waals surface area (Å²) in [6.45, 7) is 9.96. The van der Waals surface area contributed by atoms with Gasteiger partial charge < -0.3 is 9.52 Å². The van der Waals surface area contributed by atoms with Gasteiger partial charge in [-0.25, -0.2) is 0 Å². The molecule has 0 fully saturated rings. The molecule has 0 aliphatic heterocycles. The molecule has 1 heterocycles. The van der Waals surface area contributed by atoms with Crippen LogP contribution >= 0.6 is 0 Å². The third-order valence-corrected chi connectivity index (χ3v) is 3.95. The summed E-state index contributed by atoms with van der Waals surface area (Å²) >= 11 is 0. The molecular formula is C24H29NO2. The van der Waals surface area contributed by atoms with Crippen molar-refractivity contribution in [3.05, 3.63) is 60.0 Å². The molecule has 2 rings (SSSR count). The number of benzene rings is 1. The first-order valence-electron chi connectivity index (χ1n) is 9.35. The van der Waals surface area contributed by atoms with Gasteiger partial charge in [-0.2, -0.15) is 0 Å². The number of aliphatic hydroxyl groups is 1. The van der Waals surface area contributed by atoms with Gasteiger partial charge in [-0.15, -0.1) is 0 Å². The van der Waals surface area contributed by atoms with E-state index >= 15 is 0 Å². The van der Waals surface area contributed by atoms with Crippen molar-refractivity contribution in [3.8, 4) is 23.2 Å². The average Bonchev–Trinajstić information content (AvgIpc) is 3.08. The molecule has 0 amide bonds. The van der Waals surface area contributed by atoms with Crippen LogP contribution in [0.15, 0.2) is 58.3 Å². The van der Waals surface area contributed by atoms with E-state index in [9.17, 15) is 5.11 Å². The number of allylic oxidation sites excluding steroid dienone is 1. The minimum atomic E-state index is -0.547. The lowest BCUT2D eigenvalue weighted by Gasteiger charge is -2.07. The quantitative estimate of drug-likeness (QED) is 0.534. The molecule has 0 radical (unpaired) electrons. The Balaban J connectivity index is 2.05. The number of nitrogens with zero attached hydrogens (tertiary/aromatic N) is 1. The Hall–Kier alpha value is -2.57. The van der Waals surface area contributed by atoms with E-state index in [0.717, 1.165) is 34.6 Å². The predicted molar refractivity (Wildman–Crippen MR) is 113 cm³/mol. The maximum atomic E-state index is 9.82. The highest BCUT2D eigenvalue weighted by Gasteiger charge is 2.10. The maximum Gasteiger partial charge on any atom is 0.134 e. The Kier molecular flexibility index (Phi) is 7.21. The zero-order chi connectivity index (χ0) is 19.9. The summed E-state index contributed by atoms with van der Waals surface area (Å²) in [5.74, 6) is 7.29. The van der Waals surface area contributed by atoms with Crippen LogP contribution in [0.5, 0.6) is 0 Å². The third kappa shape index (κ3) is 6.92. The third-order valence-electron chi connectivity index (χ3n) is 3.95. The molecule has 0 aliphatic carbocycles. The molecular weight excluding hydrogens is 334 g/mol. The van der Waals surface area contributed by atoms with E-state index in [1.807, 2.05) is 43.3 Å². The van der Waals surface area contributed by atoms with Crippen LogP contribution in [0.1, 0.15) is 52.2 Å². The van der Waals surface area contributed by atoms with Crippen LogP contribution in [-0.4, -0.2) is 16.9 Å². The molecule has 3 nitrogen and oxygen atoms in total. The molecule has 1 aromatic carbocycles. The van der Waals surface area contributed by atoms with E-state index in [-0.39, 0.29) is 5.41 Å². The highest BCUT2D eigenvalue weighted by atomic mass is 16.3. The summed E-state index contributed by atoms with van der Waals surface area (Å²) in [5, 5.41) is 9.82. The molecule has 0 spiro atoms. The van der Waals surface area contributed by atoms with Gasteiger partial charge >= 0.3 is 0 Å². The molecule has 1 atom stereocenters. The van der Waals surface area contributed by atoms with Crippen LogP contribution in [0.4, 0.5) is 0 Å². The van der Waals surface area contributed by atoms with Gasteiger partial charge in [0.05, 0.1) is 12.4 Å². The number of aliphatic imine (C=N–C) groups is 1. The Labute approximate surface area is 162 Å². The van der Waals surface area contributed by atoms with Crippen LogP contribution in [0.3, 0.4) is 0 Å². The number of hydrogen-bond donors (Lipinski definition) is 1. The van der Waals surface area contributed by atoms with Crippen molar-refractivity contribution in [1.82, 2.24) is 0 Å². The lowest BCUT2D eigenvalue weighted by molar-refractivity contribution is 0.259. The highest BCUT2D eigenvalue weighted by molar-refractivity contribution is 5.88. The van der Waals surface area contributed by atoms with Gasteiger partial charge in [0.15, 0.2) is 0 Å². The zero-order valence-corrected chi connectivity index (χ0v) is 16.9. The number of aryl methyl sites for hydroxylation is 1. The van der Waals surface area contributed by atoms with E-state index < -0.39 is 6.10 Å². The summed E-state index contributed by atoms with van der Waals surface area (Å²) < 4.78 is 5.73. The van der Waals surface area contributed by atoms with Crippen LogP contribution in [0, 0.1) is 17.3 Å². The monoisotopic (exact) mass is 363 g/mol. The van der Waals surface area contributed by atoms with Crippen LogP contribution < -0.4 is 0 Å². The lowest BCUT2D eigenvalue weighted by Crippen LogP contribution is -2.16. The molecule has 142 valence electrons. The Morgan fingerprint density at radius 1 is 1.26 bits per heavy atom. The van der Waals surface area contributed by atoms with E-state index in [2.05, 4.69) is 37.6 Å². The van der Waals surface area contributed by atoms with E-state index in [4.69, 9.17) is 4.42 Å². The standard InChI is InChI=1S/C24H29NO2/c1-6-15-25-22(18(2)26)12-9-20-16-23(27-17-20)21-10-7-19(8-11-21)13-14-24(3,4)5/h6-8,10-11,15-18,26H,9,12H2,1-5H3/b15-6-,25-22?/t18-/m0/s1. The summed E-state index contributed by atoms with van der Waals surface area (Å²) in [4.78, 5) is 4.31. The van der Waals surface area contributed by atoms with Crippen LogP contribution in [0.25, 0.3) is 11.3 Å². The SMILES string of the molecule is C/C=C\N=C(CCc1coc(-c2ccc(C#CC(C)(C)C)cc2)c1)[C@H](C)O. The maximum absolute atomic E-state index is 9.82. The molecule has 27 heavy (non-hydrogen) atoms. The van der Waals surface area contributed by atoms with Gasteiger partial charge in [0, 0.05) is 28.5 Å². The van der Waals surface area contributed by atoms with Crippen molar-refractivity contribution in [2.75, 3.05) is 0 Å². The molecule has 0 saturated carbocycles. The predicted octanol–water partition coefficient (Wildman–Crippen LogP) is 5.63. The van der Waals surface area contributed by atoms with Gasteiger partial charge in [0.25, 0.3) is 0 Å². The first kappa shape index (κ1) is 20.7. The zero-order valence-electron chi connectivity index (χ0n) is 16.9. The topological polar surface area (TPSA) is 45.7 Å². The molecule has 1 N–H and O–H groups in total. The van der Waals surface area contributed by atoms with E-state index in [1.165, 1.54) is 0 Å². The van der Waals surface area contributed by atoms with Gasteiger partial charge in [0.1, 0.15) is 5.76 Å². The lowest BCUT2D eigenvalue weighted by atomic mass is 9.97. The fraction of sp³-hybridized carbons (Fsp3) is 0.375. The molecule has 1 aromatic heterocycles. The van der Waals surface area contributed by atoms with Crippen molar-refractivity contribution >= 4 is 5.71 Å². The fourth-order valence-corrected chi connectivity index (χ4v) is 2.46. The largest absolute Gasteiger partial charge is 0.464 e. The van der Waals surface area contributed by atoms with Gasteiger partial charge in [-0.3, -0.25) is 4.99 Å². The Morgan fingerprint density at radius 2 is 1.96 bits per heavy atom. The van der Waals surface area contributed by atoms with Crippen molar-refractivity contribution in [1.29, 1.82) is 0 Å². The minimum absolute atomic E-state index is 0.00424. The minimum Gasteiger partial charge on any atom is -0.464 e. The first-order valence-corrected chi connectivity index (χ1v) is 9.35. The summed E-state index contributed by atoms with van der Waals surface area (Å²) in [6.07, 6.45) is 6.27. The van der Waals surface area contributed by atoms with Crippen molar-refractivity contribution in [3.63, 3.8) is 0 Å². The van der Waals surface area contributed by atoms with Gasteiger partial charge in [-0.1, -0.05) is 30.0 Å². The number of hydrogen-bond acceptors (Lipinski definition) is 3. The van der Waals surface area contributed by atoms with Crippen molar-refractivity contribution in [2.24, 2.45) is 10.4 Å². The number of furan rings is 1. The summed E-state index contributed by atoms with van der Waals surface area (Å²) in [6, 6.07) is 10.1. The van der Waals surface area contributed by atoms with Gasteiger partial charge in [-0.05, 0) is 71.2 Å². The fourth-order valence-electron chi connectivity index (χ4n) is 2.46. The summed E-state index contributed by atoms with van der Waals surface area (Å²) in [5.41, 5.74) is 3.89. The number of rotatable bonds is 6. The normalized spacial score (nSPS) is 13.5. The number of aliphatic hydroxyl groups excluding tert-OH is 1. The molecule has 2 aromatic rings. The van der Waals surface area contributed by atoms with E-state index in [0.29, 0.717) is 6.42 Å². The van der Waals surface area contributed by atoms with Crippen LogP contribution in [0.2, 0.25) is 0 Å². The smallest absolute Gasteiger partial charge is 0.134 e.